The third kappa shape index (κ3) is 5.74. The number of anilines is 1. The van der Waals surface area contributed by atoms with Crippen molar-refractivity contribution >= 4 is 56.0 Å². The number of aryl methyl sites for hydroxylation is 1. The van der Waals surface area contributed by atoms with Crippen LogP contribution in [0.2, 0.25) is 5.02 Å². The number of fused-ring (bicyclic) bond motifs is 1. The summed E-state index contributed by atoms with van der Waals surface area (Å²) in [5, 5.41) is 1.41. The number of carbonyl (C=O) groups excluding carboxylic acids is 1. The van der Waals surface area contributed by atoms with Gasteiger partial charge in [0.1, 0.15) is 5.75 Å². The van der Waals surface area contributed by atoms with Crippen molar-refractivity contribution < 1.29 is 14.3 Å². The van der Waals surface area contributed by atoms with Gasteiger partial charge in [0.05, 0.1) is 36.3 Å². The van der Waals surface area contributed by atoms with E-state index < -0.39 is 0 Å². The number of thiazole rings is 1. The van der Waals surface area contributed by atoms with Crippen molar-refractivity contribution in [2.75, 3.05) is 57.2 Å². The third-order valence-electron chi connectivity index (χ3n) is 5.34. The lowest BCUT2D eigenvalue weighted by molar-refractivity contribution is -0.116. The first-order valence-electron chi connectivity index (χ1n) is 10.5. The fourth-order valence-corrected chi connectivity index (χ4v) is 5.78. The maximum Gasteiger partial charge on any atom is 0.239 e. The van der Waals surface area contributed by atoms with E-state index in [1.165, 1.54) is 23.1 Å². The van der Waals surface area contributed by atoms with Gasteiger partial charge in [-0.3, -0.25) is 14.6 Å². The average molecular weight is 492 g/mol. The molecule has 1 amide bonds. The van der Waals surface area contributed by atoms with Gasteiger partial charge in [-0.2, -0.15) is 0 Å². The largest absolute Gasteiger partial charge is 0.497 e. The summed E-state index contributed by atoms with van der Waals surface area (Å²) in [6.45, 7) is 6.62. The molecule has 0 saturated carbocycles. The second-order valence-electron chi connectivity index (χ2n) is 7.53. The first-order chi connectivity index (χ1) is 15.5. The predicted molar refractivity (Wildman–Crippen MR) is 133 cm³/mol. The summed E-state index contributed by atoms with van der Waals surface area (Å²) in [7, 11) is 1.64. The van der Waals surface area contributed by atoms with E-state index in [0.29, 0.717) is 17.3 Å². The first kappa shape index (κ1) is 23.3. The number of ether oxygens (including phenoxy) is 2. The van der Waals surface area contributed by atoms with E-state index in [1.54, 1.807) is 7.11 Å². The van der Waals surface area contributed by atoms with E-state index in [0.717, 1.165) is 64.4 Å². The maximum atomic E-state index is 13.3. The van der Waals surface area contributed by atoms with Crippen LogP contribution in [0, 0.1) is 6.92 Å². The van der Waals surface area contributed by atoms with E-state index in [-0.39, 0.29) is 5.91 Å². The van der Waals surface area contributed by atoms with Crippen molar-refractivity contribution in [1.29, 1.82) is 0 Å². The van der Waals surface area contributed by atoms with Crippen LogP contribution >= 0.6 is 34.7 Å². The molecule has 0 atom stereocenters. The number of thioether (sulfide) groups is 1. The second-order valence-corrected chi connectivity index (χ2v) is 10.0. The molecular formula is C23H26ClN3O3S2. The van der Waals surface area contributed by atoms with Gasteiger partial charge in [0.2, 0.25) is 5.91 Å². The van der Waals surface area contributed by atoms with Crippen LogP contribution in [-0.4, -0.2) is 68.0 Å². The fraction of sp³-hybridized carbons (Fsp3) is 0.391. The number of rotatable bonds is 8. The molecule has 32 heavy (non-hydrogen) atoms. The molecule has 0 aliphatic carbocycles. The zero-order valence-electron chi connectivity index (χ0n) is 18.2. The van der Waals surface area contributed by atoms with Crippen LogP contribution in [0.5, 0.6) is 5.75 Å². The van der Waals surface area contributed by atoms with Crippen molar-refractivity contribution in [3.63, 3.8) is 0 Å². The highest BCUT2D eigenvalue weighted by atomic mass is 35.5. The fourth-order valence-electron chi connectivity index (χ4n) is 3.55. The molecule has 1 saturated heterocycles. The highest BCUT2D eigenvalue weighted by molar-refractivity contribution is 8.00. The molecule has 3 aromatic rings. The van der Waals surface area contributed by atoms with Crippen molar-refractivity contribution in [3.05, 3.63) is 47.0 Å². The van der Waals surface area contributed by atoms with Gasteiger partial charge in [-0.05, 0) is 48.9 Å². The van der Waals surface area contributed by atoms with Gasteiger partial charge in [-0.15, -0.1) is 11.8 Å². The number of hydrogen-bond acceptors (Lipinski definition) is 7. The Morgan fingerprint density at radius 3 is 2.75 bits per heavy atom. The molecule has 0 N–H and O–H groups in total. The minimum absolute atomic E-state index is 0.0434. The molecule has 9 heteroatoms. The van der Waals surface area contributed by atoms with Crippen molar-refractivity contribution in [2.45, 2.75) is 11.8 Å². The molecule has 1 aromatic heterocycles. The molecule has 0 unspecified atom stereocenters. The molecule has 2 aromatic carbocycles. The molecule has 1 fully saturated rings. The van der Waals surface area contributed by atoms with E-state index in [9.17, 15) is 4.79 Å². The molecule has 2 heterocycles. The van der Waals surface area contributed by atoms with Gasteiger partial charge >= 0.3 is 0 Å². The number of amides is 1. The lowest BCUT2D eigenvalue weighted by atomic mass is 10.2. The number of benzene rings is 2. The van der Waals surface area contributed by atoms with Crippen LogP contribution in [0.1, 0.15) is 5.56 Å². The van der Waals surface area contributed by atoms with E-state index in [4.69, 9.17) is 26.1 Å². The van der Waals surface area contributed by atoms with Crippen LogP contribution in [0.25, 0.3) is 10.2 Å². The monoisotopic (exact) mass is 491 g/mol. The Morgan fingerprint density at radius 2 is 2.03 bits per heavy atom. The number of carbonyl (C=O) groups is 1. The molecule has 1 aliphatic rings. The summed E-state index contributed by atoms with van der Waals surface area (Å²) in [5.41, 5.74) is 1.92. The summed E-state index contributed by atoms with van der Waals surface area (Å²) in [5.74, 6) is 1.18. The number of nitrogens with zero attached hydrogens (tertiary/aromatic N) is 3. The molecule has 0 radical (unpaired) electrons. The lowest BCUT2D eigenvalue weighted by Gasteiger charge is -2.29. The summed E-state index contributed by atoms with van der Waals surface area (Å²) in [6.07, 6.45) is 0. The first-order valence-corrected chi connectivity index (χ1v) is 12.7. The van der Waals surface area contributed by atoms with Crippen LogP contribution in [0.4, 0.5) is 5.13 Å². The Morgan fingerprint density at radius 1 is 1.28 bits per heavy atom. The molecule has 6 nitrogen and oxygen atoms in total. The van der Waals surface area contributed by atoms with Gasteiger partial charge in [0.25, 0.3) is 0 Å². The van der Waals surface area contributed by atoms with Gasteiger partial charge in [-0.1, -0.05) is 22.9 Å². The number of halogens is 1. The summed E-state index contributed by atoms with van der Waals surface area (Å²) < 4.78 is 11.7. The normalized spacial score (nSPS) is 14.6. The highest BCUT2D eigenvalue weighted by Crippen LogP contribution is 2.33. The van der Waals surface area contributed by atoms with Gasteiger partial charge in [0, 0.05) is 36.1 Å². The summed E-state index contributed by atoms with van der Waals surface area (Å²) in [6, 6.07) is 11.6. The lowest BCUT2D eigenvalue weighted by Crippen LogP contribution is -2.43. The molecule has 170 valence electrons. The summed E-state index contributed by atoms with van der Waals surface area (Å²) in [4.78, 5) is 23.3. The van der Waals surface area contributed by atoms with Crippen LogP contribution in [-0.2, 0) is 9.53 Å². The molecule has 1 aliphatic heterocycles. The second kappa shape index (κ2) is 10.9. The van der Waals surface area contributed by atoms with Crippen LogP contribution in [0.3, 0.4) is 0 Å². The topological polar surface area (TPSA) is 54.9 Å². The number of hydrogen-bond donors (Lipinski definition) is 0. The van der Waals surface area contributed by atoms with E-state index >= 15 is 0 Å². The van der Waals surface area contributed by atoms with Crippen LogP contribution in [0.15, 0.2) is 41.3 Å². The predicted octanol–water partition coefficient (Wildman–Crippen LogP) is 4.72. The third-order valence-corrected chi connectivity index (χ3v) is 7.58. The Labute approximate surface area is 201 Å². The Bertz CT molecular complexity index is 1070. The maximum absolute atomic E-state index is 13.3. The Hall–Kier alpha value is -1.84. The number of aromatic nitrogens is 1. The zero-order valence-corrected chi connectivity index (χ0v) is 20.6. The van der Waals surface area contributed by atoms with E-state index in [1.807, 2.05) is 48.2 Å². The van der Waals surface area contributed by atoms with Gasteiger partial charge < -0.3 is 9.47 Å². The number of morpholine rings is 1. The minimum atomic E-state index is 0.0434. The number of methoxy groups -OCH3 is 1. The smallest absolute Gasteiger partial charge is 0.239 e. The molecule has 0 spiro atoms. The molecule has 4 rings (SSSR count). The minimum Gasteiger partial charge on any atom is -0.497 e. The standard InChI is InChI=1S/C23H26ClN3O3S2/c1-16-13-17(24)14-20-22(16)25-23(32-20)27(8-7-26-9-11-30-12-10-26)21(28)15-31-19-5-3-18(29-2)4-6-19/h3-6,13-14H,7-12,15H2,1-2H3. The van der Waals surface area contributed by atoms with Crippen molar-refractivity contribution in [1.82, 2.24) is 9.88 Å². The SMILES string of the molecule is COc1ccc(SCC(=O)N(CCN2CCOCC2)c2nc3c(C)cc(Cl)cc3s2)cc1. The Kier molecular flexibility index (Phi) is 7.91. The molecule has 0 bridgehead atoms. The Balaban J connectivity index is 1.52. The van der Waals surface area contributed by atoms with Gasteiger partial charge in [0.15, 0.2) is 5.13 Å². The average Bonchev–Trinajstić information content (AvgIpc) is 3.23. The molecular weight excluding hydrogens is 466 g/mol. The van der Waals surface area contributed by atoms with Crippen molar-refractivity contribution in [2.24, 2.45) is 0 Å². The van der Waals surface area contributed by atoms with E-state index in [2.05, 4.69) is 4.90 Å². The van der Waals surface area contributed by atoms with Crippen LogP contribution < -0.4 is 9.64 Å². The highest BCUT2D eigenvalue weighted by Gasteiger charge is 2.22. The quantitative estimate of drug-likeness (QED) is 0.425. The zero-order chi connectivity index (χ0) is 22.5. The van der Waals surface area contributed by atoms with Gasteiger partial charge in [-0.25, -0.2) is 4.98 Å². The summed E-state index contributed by atoms with van der Waals surface area (Å²) >= 11 is 9.28. The van der Waals surface area contributed by atoms with Crippen molar-refractivity contribution in [3.8, 4) is 5.75 Å².